The van der Waals surface area contributed by atoms with E-state index >= 15 is 0 Å². The lowest BCUT2D eigenvalue weighted by molar-refractivity contribution is 0.443. The molecule has 2 aromatic heterocycles. The summed E-state index contributed by atoms with van der Waals surface area (Å²) in [4.78, 5) is 4.39. The van der Waals surface area contributed by atoms with E-state index in [0.29, 0.717) is 11.8 Å². The number of hydrogen-bond acceptors (Lipinski definition) is 5. The lowest BCUT2D eigenvalue weighted by Gasteiger charge is -2.10. The largest absolute Gasteiger partial charge is 0.366 e. The van der Waals surface area contributed by atoms with Crippen LogP contribution in [0.15, 0.2) is 16.7 Å². The Hall–Kier alpha value is -1.62. The zero-order valence-corrected chi connectivity index (χ0v) is 9.16. The van der Waals surface area contributed by atoms with Crippen LogP contribution in [-0.2, 0) is 0 Å². The molecule has 1 saturated heterocycles. The minimum absolute atomic E-state index is 0.467. The van der Waals surface area contributed by atoms with Crippen molar-refractivity contribution >= 4 is 16.9 Å². The van der Waals surface area contributed by atoms with Gasteiger partial charge >= 0.3 is 0 Å². The van der Waals surface area contributed by atoms with Crippen molar-refractivity contribution < 1.29 is 4.52 Å². The van der Waals surface area contributed by atoms with Crippen molar-refractivity contribution in [2.24, 2.45) is 0 Å². The Bertz CT molecular complexity index is 502. The number of hydrogen-bond donors (Lipinski definition) is 2. The smallest absolute Gasteiger partial charge is 0.259 e. The van der Waals surface area contributed by atoms with E-state index in [9.17, 15) is 0 Å². The third-order valence-electron chi connectivity index (χ3n) is 2.93. The summed E-state index contributed by atoms with van der Waals surface area (Å²) in [5.74, 6) is 0.859. The van der Waals surface area contributed by atoms with Crippen LogP contribution >= 0.6 is 0 Å². The van der Waals surface area contributed by atoms with Gasteiger partial charge in [-0.15, -0.1) is 0 Å². The van der Waals surface area contributed by atoms with Crippen molar-refractivity contribution in [2.75, 3.05) is 18.4 Å². The summed E-state index contributed by atoms with van der Waals surface area (Å²) in [6.07, 6.45) is 1.13. The highest BCUT2D eigenvalue weighted by molar-refractivity contribution is 5.77. The molecule has 1 fully saturated rings. The van der Waals surface area contributed by atoms with Gasteiger partial charge in [-0.25, -0.2) is 0 Å². The highest BCUT2D eigenvalue weighted by atomic mass is 16.5. The highest BCUT2D eigenvalue weighted by Gasteiger charge is 2.15. The number of nitrogens with zero attached hydrogens (tertiary/aromatic N) is 2. The first-order chi connectivity index (χ1) is 7.83. The van der Waals surface area contributed by atoms with E-state index in [-0.39, 0.29) is 0 Å². The van der Waals surface area contributed by atoms with E-state index in [0.717, 1.165) is 36.4 Å². The maximum atomic E-state index is 5.14. The normalized spacial score (nSPS) is 20.4. The van der Waals surface area contributed by atoms with E-state index < -0.39 is 0 Å². The summed E-state index contributed by atoms with van der Waals surface area (Å²) in [7, 11) is 0. The topological polar surface area (TPSA) is 63.0 Å². The summed E-state index contributed by atoms with van der Waals surface area (Å²) in [6.45, 7) is 3.98. The summed E-state index contributed by atoms with van der Waals surface area (Å²) in [6, 6.07) is 4.44. The zero-order valence-electron chi connectivity index (χ0n) is 9.16. The predicted octanol–water partition coefficient (Wildman–Crippen LogP) is 1.31. The molecule has 5 heteroatoms. The molecule has 0 radical (unpaired) electrons. The molecular weight excluding hydrogens is 204 g/mol. The van der Waals surface area contributed by atoms with E-state index in [1.807, 2.05) is 19.1 Å². The quantitative estimate of drug-likeness (QED) is 0.795. The Morgan fingerprint density at radius 3 is 3.25 bits per heavy atom. The van der Waals surface area contributed by atoms with Crippen LogP contribution in [0.25, 0.3) is 11.1 Å². The minimum Gasteiger partial charge on any atom is -0.366 e. The summed E-state index contributed by atoms with van der Waals surface area (Å²) < 4.78 is 5.14. The van der Waals surface area contributed by atoms with Gasteiger partial charge in [-0.05, 0) is 32.0 Å². The van der Waals surface area contributed by atoms with Crippen LogP contribution in [-0.4, -0.2) is 29.3 Å². The highest BCUT2D eigenvalue weighted by Crippen LogP contribution is 2.19. The Kier molecular flexibility index (Phi) is 2.25. The van der Waals surface area contributed by atoms with Gasteiger partial charge in [-0.2, -0.15) is 4.98 Å². The standard InChI is InChI=1S/C11H14N4O/c1-7-9-2-3-10(14-11(9)16-15-7)13-8-4-5-12-6-8/h2-3,8,12H,4-6H2,1H3,(H,13,14). The number of pyridine rings is 1. The molecule has 0 spiro atoms. The van der Waals surface area contributed by atoms with Crippen LogP contribution in [0.4, 0.5) is 5.82 Å². The van der Waals surface area contributed by atoms with Crippen molar-refractivity contribution in [3.8, 4) is 0 Å². The number of aromatic nitrogens is 2. The molecular formula is C11H14N4O. The average molecular weight is 218 g/mol. The molecule has 2 N–H and O–H groups in total. The second kappa shape index (κ2) is 3.75. The summed E-state index contributed by atoms with van der Waals surface area (Å²) in [5, 5.41) is 11.6. The molecule has 0 aromatic carbocycles. The van der Waals surface area contributed by atoms with Gasteiger partial charge in [0.15, 0.2) is 0 Å². The molecule has 2 aromatic rings. The fraction of sp³-hybridized carbons (Fsp3) is 0.455. The Morgan fingerprint density at radius 1 is 1.50 bits per heavy atom. The van der Waals surface area contributed by atoms with Crippen molar-refractivity contribution in [1.29, 1.82) is 0 Å². The number of rotatable bonds is 2. The molecule has 5 nitrogen and oxygen atoms in total. The molecule has 1 aliphatic rings. The molecule has 3 rings (SSSR count). The summed E-state index contributed by atoms with van der Waals surface area (Å²) >= 11 is 0. The molecule has 0 saturated carbocycles. The first kappa shape index (κ1) is 9.59. The lowest BCUT2D eigenvalue weighted by atomic mass is 10.2. The fourth-order valence-electron chi connectivity index (χ4n) is 2.01. The first-order valence-corrected chi connectivity index (χ1v) is 5.53. The first-order valence-electron chi connectivity index (χ1n) is 5.53. The average Bonchev–Trinajstić information content (AvgIpc) is 2.90. The van der Waals surface area contributed by atoms with Crippen molar-refractivity contribution in [2.45, 2.75) is 19.4 Å². The number of anilines is 1. The fourth-order valence-corrected chi connectivity index (χ4v) is 2.01. The lowest BCUT2D eigenvalue weighted by Crippen LogP contribution is -2.22. The maximum absolute atomic E-state index is 5.14. The molecule has 3 heterocycles. The number of nitrogens with one attached hydrogen (secondary N) is 2. The van der Waals surface area contributed by atoms with Crippen LogP contribution in [0.3, 0.4) is 0 Å². The molecule has 0 amide bonds. The second-order valence-corrected chi connectivity index (χ2v) is 4.15. The SMILES string of the molecule is Cc1noc2nc(NC3CCNC3)ccc12. The zero-order chi connectivity index (χ0) is 11.0. The van der Waals surface area contributed by atoms with Gasteiger partial charge < -0.3 is 15.2 Å². The van der Waals surface area contributed by atoms with Crippen LogP contribution in [0.1, 0.15) is 12.1 Å². The molecule has 84 valence electrons. The van der Waals surface area contributed by atoms with Gasteiger partial charge in [0.05, 0.1) is 11.1 Å². The molecule has 16 heavy (non-hydrogen) atoms. The van der Waals surface area contributed by atoms with Crippen LogP contribution in [0.5, 0.6) is 0 Å². The number of fused-ring (bicyclic) bond motifs is 1. The third kappa shape index (κ3) is 1.63. The summed E-state index contributed by atoms with van der Waals surface area (Å²) in [5.41, 5.74) is 1.49. The third-order valence-corrected chi connectivity index (χ3v) is 2.93. The molecule has 0 aliphatic carbocycles. The van der Waals surface area contributed by atoms with E-state index in [1.54, 1.807) is 0 Å². The van der Waals surface area contributed by atoms with Crippen LogP contribution in [0.2, 0.25) is 0 Å². The van der Waals surface area contributed by atoms with Gasteiger partial charge in [0.25, 0.3) is 5.71 Å². The van der Waals surface area contributed by atoms with Crippen molar-refractivity contribution in [3.05, 3.63) is 17.8 Å². The van der Waals surface area contributed by atoms with Gasteiger partial charge in [-0.3, -0.25) is 0 Å². The molecule has 0 bridgehead atoms. The molecule has 1 unspecified atom stereocenters. The minimum atomic E-state index is 0.467. The van der Waals surface area contributed by atoms with E-state index in [2.05, 4.69) is 20.8 Å². The van der Waals surface area contributed by atoms with Crippen LogP contribution < -0.4 is 10.6 Å². The Labute approximate surface area is 93.2 Å². The molecule has 1 aliphatic heterocycles. The Morgan fingerprint density at radius 2 is 2.44 bits per heavy atom. The van der Waals surface area contributed by atoms with Crippen LogP contribution in [0, 0.1) is 6.92 Å². The van der Waals surface area contributed by atoms with E-state index in [1.165, 1.54) is 0 Å². The Balaban J connectivity index is 1.87. The molecule has 1 atom stereocenters. The second-order valence-electron chi connectivity index (χ2n) is 4.15. The van der Waals surface area contributed by atoms with Crippen molar-refractivity contribution in [3.63, 3.8) is 0 Å². The van der Waals surface area contributed by atoms with Gasteiger partial charge in [0.1, 0.15) is 5.82 Å². The monoisotopic (exact) mass is 218 g/mol. The van der Waals surface area contributed by atoms with Gasteiger partial charge in [0, 0.05) is 12.6 Å². The maximum Gasteiger partial charge on any atom is 0.259 e. The number of aryl methyl sites for hydroxylation is 1. The van der Waals surface area contributed by atoms with Crippen molar-refractivity contribution in [1.82, 2.24) is 15.5 Å². The van der Waals surface area contributed by atoms with Gasteiger partial charge in [-0.1, -0.05) is 5.16 Å². The predicted molar refractivity (Wildman–Crippen MR) is 61.4 cm³/mol. The van der Waals surface area contributed by atoms with E-state index in [4.69, 9.17) is 4.52 Å². The van der Waals surface area contributed by atoms with Gasteiger partial charge in [0.2, 0.25) is 0 Å².